The number of ketones is 1. The Morgan fingerprint density at radius 2 is 2.29 bits per heavy atom. The number of benzene rings is 1. The van der Waals surface area contributed by atoms with E-state index < -0.39 is 11.7 Å². The second-order valence-corrected chi connectivity index (χ2v) is 4.72. The highest BCUT2D eigenvalue weighted by Gasteiger charge is 2.31. The predicted octanol–water partition coefficient (Wildman–Crippen LogP) is 3.46. The summed E-state index contributed by atoms with van der Waals surface area (Å²) < 4.78 is 13.6. The van der Waals surface area contributed by atoms with Crippen LogP contribution in [-0.4, -0.2) is 5.78 Å². The number of halogens is 2. The van der Waals surface area contributed by atoms with Crippen LogP contribution in [-0.2, 0) is 4.79 Å². The van der Waals surface area contributed by atoms with Crippen LogP contribution in [0.15, 0.2) is 18.2 Å². The van der Waals surface area contributed by atoms with Crippen molar-refractivity contribution in [1.29, 1.82) is 5.26 Å². The van der Waals surface area contributed by atoms with Crippen LogP contribution in [0.2, 0.25) is 5.02 Å². The van der Waals surface area contributed by atoms with Gasteiger partial charge < -0.3 is 0 Å². The van der Waals surface area contributed by atoms with E-state index in [2.05, 4.69) is 0 Å². The van der Waals surface area contributed by atoms with E-state index in [4.69, 9.17) is 16.9 Å². The molecule has 0 saturated heterocycles. The lowest BCUT2D eigenvalue weighted by Crippen LogP contribution is -2.13. The molecule has 1 atom stereocenters. The third-order valence-electron chi connectivity index (χ3n) is 2.93. The Kier molecular flexibility index (Phi) is 3.44. The Hall–Kier alpha value is -1.40. The molecule has 0 heterocycles. The molecule has 0 radical (unpaired) electrons. The molecule has 0 N–H and O–H groups in total. The van der Waals surface area contributed by atoms with Gasteiger partial charge in [-0.05, 0) is 30.9 Å². The van der Waals surface area contributed by atoms with Gasteiger partial charge in [-0.2, -0.15) is 5.26 Å². The van der Waals surface area contributed by atoms with E-state index in [0.717, 1.165) is 12.8 Å². The Morgan fingerprint density at radius 1 is 1.59 bits per heavy atom. The van der Waals surface area contributed by atoms with Crippen molar-refractivity contribution in [3.8, 4) is 6.07 Å². The first kappa shape index (κ1) is 12.1. The normalized spacial score (nSPS) is 16.3. The lowest BCUT2D eigenvalue weighted by Gasteiger charge is -2.11. The molecular weight excluding hydrogens is 241 g/mol. The van der Waals surface area contributed by atoms with Crippen molar-refractivity contribution in [1.82, 2.24) is 0 Å². The molecule has 1 aromatic carbocycles. The molecule has 1 aliphatic rings. The SMILES string of the molecule is N#CC(C(=O)CC1CC1)c1c(F)cccc1Cl. The molecule has 4 heteroatoms. The van der Waals surface area contributed by atoms with Crippen LogP contribution in [0.1, 0.15) is 30.7 Å². The Morgan fingerprint density at radius 3 is 2.82 bits per heavy atom. The number of nitrogens with zero attached hydrogens (tertiary/aromatic N) is 1. The number of carbonyl (C=O) groups is 1. The minimum Gasteiger partial charge on any atom is -0.298 e. The standard InChI is InChI=1S/C13H11ClFNO/c14-10-2-1-3-11(15)13(10)9(7-16)12(17)6-8-4-5-8/h1-3,8-9H,4-6H2. The van der Waals surface area contributed by atoms with Gasteiger partial charge in [0.1, 0.15) is 11.7 Å². The quantitative estimate of drug-likeness (QED) is 0.822. The van der Waals surface area contributed by atoms with Gasteiger partial charge in [0.15, 0.2) is 5.78 Å². The van der Waals surface area contributed by atoms with Crippen molar-refractivity contribution in [2.75, 3.05) is 0 Å². The summed E-state index contributed by atoms with van der Waals surface area (Å²) in [6.07, 6.45) is 2.40. The summed E-state index contributed by atoms with van der Waals surface area (Å²) in [5.41, 5.74) is 0.0160. The number of hydrogen-bond donors (Lipinski definition) is 0. The fourth-order valence-corrected chi connectivity index (χ4v) is 2.08. The maximum absolute atomic E-state index is 13.6. The molecule has 1 aliphatic carbocycles. The van der Waals surface area contributed by atoms with Gasteiger partial charge in [-0.25, -0.2) is 4.39 Å². The summed E-state index contributed by atoms with van der Waals surface area (Å²) in [4.78, 5) is 11.9. The second-order valence-electron chi connectivity index (χ2n) is 4.31. The van der Waals surface area contributed by atoms with Crippen LogP contribution in [0.5, 0.6) is 0 Å². The molecular formula is C13H11ClFNO. The van der Waals surface area contributed by atoms with Gasteiger partial charge in [-0.15, -0.1) is 0 Å². The van der Waals surface area contributed by atoms with Gasteiger partial charge in [0.2, 0.25) is 0 Å². The molecule has 2 nitrogen and oxygen atoms in total. The fraction of sp³-hybridized carbons (Fsp3) is 0.385. The molecule has 0 aliphatic heterocycles. The Bertz CT molecular complexity index is 470. The zero-order chi connectivity index (χ0) is 12.4. The first-order valence-electron chi connectivity index (χ1n) is 5.49. The van der Waals surface area contributed by atoms with Gasteiger partial charge in [0, 0.05) is 17.0 Å². The highest BCUT2D eigenvalue weighted by atomic mass is 35.5. The van der Waals surface area contributed by atoms with Gasteiger partial charge in [0.05, 0.1) is 6.07 Å². The molecule has 1 saturated carbocycles. The third kappa shape index (κ3) is 2.65. The first-order chi connectivity index (χ1) is 8.13. The summed E-state index contributed by atoms with van der Waals surface area (Å²) in [6.45, 7) is 0. The zero-order valence-corrected chi connectivity index (χ0v) is 9.88. The first-order valence-corrected chi connectivity index (χ1v) is 5.87. The van der Waals surface area contributed by atoms with Gasteiger partial charge in [-0.1, -0.05) is 17.7 Å². The number of nitriles is 1. The summed E-state index contributed by atoms with van der Waals surface area (Å²) in [6, 6.07) is 6.03. The molecule has 2 rings (SSSR count). The maximum Gasteiger partial charge on any atom is 0.154 e. The number of carbonyl (C=O) groups excluding carboxylic acids is 1. The van der Waals surface area contributed by atoms with Gasteiger partial charge in [-0.3, -0.25) is 4.79 Å². The maximum atomic E-state index is 13.6. The summed E-state index contributed by atoms with van der Waals surface area (Å²) in [5, 5.41) is 9.18. The Labute approximate surface area is 104 Å². The third-order valence-corrected chi connectivity index (χ3v) is 3.26. The molecule has 0 amide bonds. The van der Waals surface area contributed by atoms with Crippen molar-refractivity contribution in [2.24, 2.45) is 5.92 Å². The Balaban J connectivity index is 2.28. The van der Waals surface area contributed by atoms with Gasteiger partial charge >= 0.3 is 0 Å². The highest BCUT2D eigenvalue weighted by Crippen LogP contribution is 2.36. The van der Waals surface area contributed by atoms with E-state index in [9.17, 15) is 9.18 Å². The van der Waals surface area contributed by atoms with E-state index in [1.54, 1.807) is 0 Å². The van der Waals surface area contributed by atoms with Crippen LogP contribution in [0.3, 0.4) is 0 Å². The molecule has 88 valence electrons. The van der Waals surface area contributed by atoms with E-state index in [0.29, 0.717) is 12.3 Å². The summed E-state index contributed by atoms with van der Waals surface area (Å²) in [5.74, 6) is -1.52. The van der Waals surface area contributed by atoms with Crippen molar-refractivity contribution in [3.05, 3.63) is 34.6 Å². The molecule has 0 bridgehead atoms. The average molecular weight is 252 g/mol. The topological polar surface area (TPSA) is 40.9 Å². The minimum absolute atomic E-state index is 0.0160. The monoisotopic (exact) mass is 251 g/mol. The van der Waals surface area contributed by atoms with Crippen molar-refractivity contribution >= 4 is 17.4 Å². The molecule has 1 fully saturated rings. The molecule has 1 unspecified atom stereocenters. The van der Waals surface area contributed by atoms with Crippen LogP contribution in [0.4, 0.5) is 4.39 Å². The zero-order valence-electron chi connectivity index (χ0n) is 9.12. The van der Waals surface area contributed by atoms with Crippen molar-refractivity contribution in [3.63, 3.8) is 0 Å². The van der Waals surface area contributed by atoms with Crippen LogP contribution < -0.4 is 0 Å². The number of rotatable bonds is 4. The molecule has 0 spiro atoms. The van der Waals surface area contributed by atoms with Gasteiger partial charge in [0.25, 0.3) is 0 Å². The predicted molar refractivity (Wildman–Crippen MR) is 62.1 cm³/mol. The average Bonchev–Trinajstić information content (AvgIpc) is 3.07. The minimum atomic E-state index is -1.08. The summed E-state index contributed by atoms with van der Waals surface area (Å²) >= 11 is 5.86. The lowest BCUT2D eigenvalue weighted by atomic mass is 9.92. The van der Waals surface area contributed by atoms with Crippen LogP contribution >= 0.6 is 11.6 Å². The van der Waals surface area contributed by atoms with E-state index in [1.807, 2.05) is 6.07 Å². The molecule has 17 heavy (non-hydrogen) atoms. The lowest BCUT2D eigenvalue weighted by molar-refractivity contribution is -0.119. The van der Waals surface area contributed by atoms with Crippen LogP contribution in [0.25, 0.3) is 0 Å². The van der Waals surface area contributed by atoms with Crippen molar-refractivity contribution in [2.45, 2.75) is 25.2 Å². The molecule has 1 aromatic rings. The van der Waals surface area contributed by atoms with E-state index >= 15 is 0 Å². The number of Topliss-reactive ketones (excluding diaryl/α,β-unsaturated/α-hetero) is 1. The van der Waals surface area contributed by atoms with Crippen LogP contribution in [0, 0.1) is 23.1 Å². The molecule has 0 aromatic heterocycles. The van der Waals surface area contributed by atoms with E-state index in [1.165, 1.54) is 18.2 Å². The van der Waals surface area contributed by atoms with Crippen molar-refractivity contribution < 1.29 is 9.18 Å². The fourth-order valence-electron chi connectivity index (χ4n) is 1.81. The second kappa shape index (κ2) is 4.85. The summed E-state index contributed by atoms with van der Waals surface area (Å²) in [7, 11) is 0. The van der Waals surface area contributed by atoms with E-state index in [-0.39, 0.29) is 16.4 Å². The largest absolute Gasteiger partial charge is 0.298 e. The highest BCUT2D eigenvalue weighted by molar-refractivity contribution is 6.31. The smallest absolute Gasteiger partial charge is 0.154 e. The number of hydrogen-bond acceptors (Lipinski definition) is 2.